The van der Waals surface area contributed by atoms with Crippen LogP contribution in [0.5, 0.6) is 0 Å². The highest BCUT2D eigenvalue weighted by molar-refractivity contribution is 5.37. The summed E-state index contributed by atoms with van der Waals surface area (Å²) in [5, 5.41) is 3.79. The average Bonchev–Trinajstić information content (AvgIpc) is 3.10. The first-order valence-electron chi connectivity index (χ1n) is 8.26. The summed E-state index contributed by atoms with van der Waals surface area (Å²) < 4.78 is 0. The van der Waals surface area contributed by atoms with Crippen molar-refractivity contribution in [2.75, 3.05) is 13.1 Å². The lowest BCUT2D eigenvalue weighted by Gasteiger charge is -2.29. The molecule has 4 nitrogen and oxygen atoms in total. The van der Waals surface area contributed by atoms with Crippen molar-refractivity contribution in [2.24, 2.45) is 5.11 Å². The van der Waals surface area contributed by atoms with Gasteiger partial charge in [-0.2, -0.15) is 0 Å². The van der Waals surface area contributed by atoms with Crippen molar-refractivity contribution < 1.29 is 0 Å². The fraction of sp³-hybridized carbons (Fsp3) is 0.300. The van der Waals surface area contributed by atoms with Crippen LogP contribution < -0.4 is 0 Å². The van der Waals surface area contributed by atoms with Gasteiger partial charge in [0.1, 0.15) is 0 Å². The van der Waals surface area contributed by atoms with Crippen LogP contribution in [0.15, 0.2) is 65.8 Å². The maximum Gasteiger partial charge on any atom is 0.0976 e. The maximum absolute atomic E-state index is 8.63. The number of rotatable bonds is 4. The van der Waals surface area contributed by atoms with Crippen LogP contribution in [0.25, 0.3) is 10.4 Å². The van der Waals surface area contributed by atoms with E-state index in [-0.39, 0.29) is 12.1 Å². The molecular weight excluding hydrogens is 296 g/mol. The topological polar surface area (TPSA) is 52.0 Å². The summed E-state index contributed by atoms with van der Waals surface area (Å²) in [5.74, 6) is 6.74. The van der Waals surface area contributed by atoms with Crippen LogP contribution in [0, 0.1) is 11.8 Å². The van der Waals surface area contributed by atoms with Crippen LogP contribution in [0.2, 0.25) is 0 Å². The van der Waals surface area contributed by atoms with Gasteiger partial charge in [0.15, 0.2) is 0 Å². The Balaban J connectivity index is 1.91. The number of azide groups is 1. The highest BCUT2D eigenvalue weighted by Gasteiger charge is 2.30. The van der Waals surface area contributed by atoms with E-state index in [1.165, 1.54) is 5.56 Å². The summed E-state index contributed by atoms with van der Waals surface area (Å²) in [5.41, 5.74) is 10.8. The van der Waals surface area contributed by atoms with E-state index < -0.39 is 0 Å². The Morgan fingerprint density at radius 3 is 2.54 bits per heavy atom. The van der Waals surface area contributed by atoms with Gasteiger partial charge in [0.2, 0.25) is 0 Å². The molecule has 4 heteroatoms. The lowest BCUT2D eigenvalue weighted by atomic mass is 10.0. The SMILES string of the molecule is [N-]=[N+]=NC[C@@H]1CCCN1[C@H](C#Cc1ccccc1)c1ccccc1. The second-order valence-electron chi connectivity index (χ2n) is 5.90. The summed E-state index contributed by atoms with van der Waals surface area (Å²) in [6.45, 7) is 1.49. The fourth-order valence-electron chi connectivity index (χ4n) is 3.19. The first-order chi connectivity index (χ1) is 11.9. The average molecular weight is 316 g/mol. The number of benzene rings is 2. The van der Waals surface area contributed by atoms with E-state index in [9.17, 15) is 0 Å². The molecule has 0 aliphatic carbocycles. The van der Waals surface area contributed by atoms with E-state index in [1.54, 1.807) is 0 Å². The number of nitrogens with zero attached hydrogens (tertiary/aromatic N) is 4. The predicted octanol–water partition coefficient (Wildman–Crippen LogP) is 4.55. The first-order valence-corrected chi connectivity index (χ1v) is 8.26. The quantitative estimate of drug-likeness (QED) is 0.353. The minimum atomic E-state index is 0.0211. The van der Waals surface area contributed by atoms with E-state index in [1.807, 2.05) is 48.5 Å². The Bertz CT molecular complexity index is 754. The zero-order valence-electron chi connectivity index (χ0n) is 13.5. The first kappa shape index (κ1) is 16.1. The molecule has 0 spiro atoms. The van der Waals surface area contributed by atoms with E-state index in [0.29, 0.717) is 6.54 Å². The van der Waals surface area contributed by atoms with Crippen LogP contribution in [0.4, 0.5) is 0 Å². The van der Waals surface area contributed by atoms with Gasteiger partial charge in [-0.05, 0) is 42.6 Å². The van der Waals surface area contributed by atoms with Gasteiger partial charge in [0.05, 0.1) is 6.04 Å². The zero-order chi connectivity index (χ0) is 16.6. The lowest BCUT2D eigenvalue weighted by molar-refractivity contribution is 0.223. The summed E-state index contributed by atoms with van der Waals surface area (Å²) in [6.07, 6.45) is 2.16. The van der Waals surface area contributed by atoms with Crippen LogP contribution in [0.1, 0.15) is 30.0 Å². The summed E-state index contributed by atoms with van der Waals surface area (Å²) in [7, 11) is 0. The summed E-state index contributed by atoms with van der Waals surface area (Å²) in [4.78, 5) is 5.30. The Kier molecular flexibility index (Phi) is 5.52. The maximum atomic E-state index is 8.63. The Morgan fingerprint density at radius 2 is 1.83 bits per heavy atom. The molecule has 1 fully saturated rings. The van der Waals surface area contributed by atoms with Gasteiger partial charge in [-0.15, -0.1) is 0 Å². The molecule has 0 N–H and O–H groups in total. The molecule has 1 aliphatic heterocycles. The highest BCUT2D eigenvalue weighted by atomic mass is 15.2. The van der Waals surface area contributed by atoms with Crippen molar-refractivity contribution in [2.45, 2.75) is 24.9 Å². The molecule has 2 atom stereocenters. The molecule has 3 rings (SSSR count). The van der Waals surface area contributed by atoms with Gasteiger partial charge in [-0.3, -0.25) is 4.90 Å². The standard InChI is InChI=1S/C20H20N4/c21-23-22-16-19-12-7-15-24(19)20(18-10-5-2-6-11-18)14-13-17-8-3-1-4-9-17/h1-6,8-11,19-20H,7,12,15-16H2/t19-,20+/m0/s1. The van der Waals surface area contributed by atoms with E-state index in [2.05, 4.69) is 38.9 Å². The fourth-order valence-corrected chi connectivity index (χ4v) is 3.19. The monoisotopic (exact) mass is 316 g/mol. The van der Waals surface area contributed by atoms with Crippen molar-refractivity contribution in [1.29, 1.82) is 0 Å². The highest BCUT2D eigenvalue weighted by Crippen LogP contribution is 2.29. The molecule has 2 aromatic carbocycles. The summed E-state index contributed by atoms with van der Waals surface area (Å²) >= 11 is 0. The Morgan fingerprint density at radius 1 is 1.12 bits per heavy atom. The van der Waals surface area contributed by atoms with Gasteiger partial charge in [0.25, 0.3) is 0 Å². The van der Waals surface area contributed by atoms with Crippen molar-refractivity contribution in [1.82, 2.24) is 4.90 Å². The van der Waals surface area contributed by atoms with Crippen molar-refractivity contribution in [3.63, 3.8) is 0 Å². The van der Waals surface area contributed by atoms with Crippen LogP contribution in [-0.2, 0) is 0 Å². The molecule has 0 saturated carbocycles. The minimum Gasteiger partial charge on any atom is -0.283 e. The number of likely N-dealkylation sites (tertiary alicyclic amines) is 1. The van der Waals surface area contributed by atoms with Crippen molar-refractivity contribution >= 4 is 0 Å². The molecule has 0 unspecified atom stereocenters. The van der Waals surface area contributed by atoms with Gasteiger partial charge >= 0.3 is 0 Å². The van der Waals surface area contributed by atoms with Crippen molar-refractivity contribution in [3.8, 4) is 11.8 Å². The smallest absolute Gasteiger partial charge is 0.0976 e. The largest absolute Gasteiger partial charge is 0.283 e. The molecule has 24 heavy (non-hydrogen) atoms. The second-order valence-corrected chi connectivity index (χ2v) is 5.90. The Hall–Kier alpha value is -2.73. The predicted molar refractivity (Wildman–Crippen MR) is 96.2 cm³/mol. The minimum absolute atomic E-state index is 0.0211. The van der Waals surface area contributed by atoms with E-state index in [0.717, 1.165) is 24.9 Å². The number of hydrogen-bond donors (Lipinski definition) is 0. The molecule has 2 aromatic rings. The van der Waals surface area contributed by atoms with E-state index in [4.69, 9.17) is 5.53 Å². The molecule has 1 heterocycles. The molecule has 120 valence electrons. The third kappa shape index (κ3) is 3.97. The third-order valence-electron chi connectivity index (χ3n) is 4.35. The molecule has 1 saturated heterocycles. The van der Waals surface area contributed by atoms with Crippen LogP contribution in [-0.4, -0.2) is 24.0 Å². The van der Waals surface area contributed by atoms with E-state index >= 15 is 0 Å². The van der Waals surface area contributed by atoms with Crippen molar-refractivity contribution in [3.05, 3.63) is 82.2 Å². The summed E-state index contributed by atoms with van der Waals surface area (Å²) in [6, 6.07) is 20.7. The van der Waals surface area contributed by atoms with Crippen LogP contribution in [0.3, 0.4) is 0 Å². The number of hydrogen-bond acceptors (Lipinski definition) is 2. The van der Waals surface area contributed by atoms with Gasteiger partial charge in [-0.1, -0.05) is 65.5 Å². The molecule has 0 radical (unpaired) electrons. The second kappa shape index (κ2) is 8.21. The molecular formula is C20H20N4. The zero-order valence-corrected chi connectivity index (χ0v) is 13.5. The lowest BCUT2D eigenvalue weighted by Crippen LogP contribution is -2.34. The molecule has 0 aromatic heterocycles. The Labute approximate surface area is 142 Å². The van der Waals surface area contributed by atoms with Crippen LogP contribution >= 0.6 is 0 Å². The molecule has 1 aliphatic rings. The van der Waals surface area contributed by atoms with Gasteiger partial charge in [0, 0.05) is 23.1 Å². The normalized spacial score (nSPS) is 18.2. The van der Waals surface area contributed by atoms with Gasteiger partial charge < -0.3 is 0 Å². The molecule has 0 bridgehead atoms. The molecule has 0 amide bonds. The van der Waals surface area contributed by atoms with Gasteiger partial charge in [-0.25, -0.2) is 0 Å². The third-order valence-corrected chi connectivity index (χ3v) is 4.35.